The largest absolute Gasteiger partial charge is 0.479 e. The van der Waals surface area contributed by atoms with E-state index >= 15 is 0 Å². The Balaban J connectivity index is 1.95. The molecule has 1 heterocycles. The highest BCUT2D eigenvalue weighted by Gasteiger charge is 2.47. The molecule has 5 N–H and O–H groups in total. The van der Waals surface area contributed by atoms with Crippen molar-refractivity contribution < 1.29 is 44.5 Å². The van der Waals surface area contributed by atoms with Crippen molar-refractivity contribution in [1.29, 1.82) is 0 Å². The molecule has 0 spiro atoms. The number of hydrogen-bond acceptors (Lipinski definition) is 8. The van der Waals surface area contributed by atoms with E-state index < -0.39 is 42.8 Å². The summed E-state index contributed by atoms with van der Waals surface area (Å²) in [6, 6.07) is 0. The van der Waals surface area contributed by atoms with Crippen molar-refractivity contribution in [3.05, 3.63) is 0 Å². The Hall–Kier alpha value is -0.810. The van der Waals surface area contributed by atoms with Crippen LogP contribution in [0.1, 0.15) is 90.9 Å². The molecule has 0 saturated carbocycles. The van der Waals surface area contributed by atoms with Gasteiger partial charge in [-0.2, -0.15) is 0 Å². The van der Waals surface area contributed by atoms with E-state index in [1.54, 1.807) is 0 Å². The molecule has 0 aromatic carbocycles. The molecule has 1 rings (SSSR count). The second kappa shape index (κ2) is 18.5. The van der Waals surface area contributed by atoms with E-state index in [2.05, 4.69) is 13.8 Å². The minimum absolute atomic E-state index is 0.0352. The number of carbonyl (C=O) groups is 1. The summed E-state index contributed by atoms with van der Waals surface area (Å²) in [5.74, 6) is -0.660. The van der Waals surface area contributed by atoms with E-state index in [0.717, 1.165) is 18.8 Å². The Labute approximate surface area is 204 Å². The highest BCUT2D eigenvalue weighted by Crippen LogP contribution is 2.22. The van der Waals surface area contributed by atoms with E-state index in [1.165, 1.54) is 64.2 Å². The van der Waals surface area contributed by atoms with Crippen LogP contribution in [-0.4, -0.2) is 88.1 Å². The monoisotopic (exact) mass is 492 g/mol. The SMILES string of the molecule is CC(C)CCCCCCCCCCCCCOCC(O)COC1OC(C(=O)O)C(O)C(O)C1O. The molecule has 1 aliphatic heterocycles. The highest BCUT2D eigenvalue weighted by molar-refractivity contribution is 5.73. The van der Waals surface area contributed by atoms with Gasteiger partial charge in [-0.1, -0.05) is 84.5 Å². The maximum atomic E-state index is 11.1. The van der Waals surface area contributed by atoms with Crippen LogP contribution in [0.2, 0.25) is 0 Å². The standard InChI is InChI=1S/C25H48O9/c1-18(2)14-12-10-8-6-4-3-5-7-9-11-13-15-32-16-19(26)17-33-25-22(29)20(27)21(28)23(34-25)24(30)31/h18-23,25-29H,3-17H2,1-2H3,(H,30,31). The molecule has 0 aromatic rings. The maximum Gasteiger partial charge on any atom is 0.335 e. The van der Waals surface area contributed by atoms with Crippen molar-refractivity contribution >= 4 is 5.97 Å². The van der Waals surface area contributed by atoms with E-state index in [9.17, 15) is 25.2 Å². The van der Waals surface area contributed by atoms with Crippen molar-refractivity contribution in [2.45, 2.75) is 128 Å². The van der Waals surface area contributed by atoms with Crippen molar-refractivity contribution in [2.24, 2.45) is 5.92 Å². The molecule has 6 unspecified atom stereocenters. The number of hydrogen-bond donors (Lipinski definition) is 5. The van der Waals surface area contributed by atoms with Gasteiger partial charge in [-0.25, -0.2) is 4.79 Å². The van der Waals surface area contributed by atoms with Gasteiger partial charge >= 0.3 is 5.97 Å². The van der Waals surface area contributed by atoms with Crippen molar-refractivity contribution in [1.82, 2.24) is 0 Å². The predicted molar refractivity (Wildman–Crippen MR) is 127 cm³/mol. The fourth-order valence-corrected chi connectivity index (χ4v) is 4.01. The fourth-order valence-electron chi connectivity index (χ4n) is 4.01. The molecule has 34 heavy (non-hydrogen) atoms. The first-order chi connectivity index (χ1) is 16.2. The van der Waals surface area contributed by atoms with Gasteiger partial charge in [0.15, 0.2) is 12.4 Å². The zero-order valence-electron chi connectivity index (χ0n) is 21.0. The topological polar surface area (TPSA) is 146 Å². The second-order valence-electron chi connectivity index (χ2n) is 9.87. The van der Waals surface area contributed by atoms with Crippen molar-refractivity contribution in [3.63, 3.8) is 0 Å². The lowest BCUT2D eigenvalue weighted by Crippen LogP contribution is -2.60. The fraction of sp³-hybridized carbons (Fsp3) is 0.960. The zero-order valence-corrected chi connectivity index (χ0v) is 21.0. The van der Waals surface area contributed by atoms with E-state index in [4.69, 9.17) is 19.3 Å². The molecule has 0 bridgehead atoms. The Morgan fingerprint density at radius 3 is 1.85 bits per heavy atom. The number of unbranched alkanes of at least 4 members (excludes halogenated alkanes) is 10. The third-order valence-corrected chi connectivity index (χ3v) is 6.15. The maximum absolute atomic E-state index is 11.1. The van der Waals surface area contributed by atoms with Gasteiger partial charge in [-0.3, -0.25) is 0 Å². The molecule has 0 aromatic heterocycles. The third-order valence-electron chi connectivity index (χ3n) is 6.15. The van der Waals surface area contributed by atoms with Gasteiger partial charge in [0.1, 0.15) is 24.4 Å². The smallest absolute Gasteiger partial charge is 0.335 e. The first kappa shape index (κ1) is 31.2. The van der Waals surface area contributed by atoms with Gasteiger partial charge < -0.3 is 39.7 Å². The lowest BCUT2D eigenvalue weighted by Gasteiger charge is -2.38. The second-order valence-corrected chi connectivity index (χ2v) is 9.87. The third kappa shape index (κ3) is 13.3. The van der Waals surface area contributed by atoms with Gasteiger partial charge in [0.05, 0.1) is 13.2 Å². The van der Waals surface area contributed by atoms with Crippen LogP contribution in [0.15, 0.2) is 0 Å². The summed E-state index contributed by atoms with van der Waals surface area (Å²) < 4.78 is 15.6. The summed E-state index contributed by atoms with van der Waals surface area (Å²) in [5, 5.41) is 48.2. The Bertz CT molecular complexity index is 517. The Morgan fingerprint density at radius 1 is 0.794 bits per heavy atom. The number of rotatable bonds is 20. The summed E-state index contributed by atoms with van der Waals surface area (Å²) in [7, 11) is 0. The van der Waals surface area contributed by atoms with Crippen LogP contribution in [-0.2, 0) is 19.0 Å². The van der Waals surface area contributed by atoms with Crippen LogP contribution >= 0.6 is 0 Å². The van der Waals surface area contributed by atoms with Crippen molar-refractivity contribution in [3.8, 4) is 0 Å². The molecule has 9 nitrogen and oxygen atoms in total. The number of aliphatic hydroxyl groups is 4. The van der Waals surface area contributed by atoms with Crippen LogP contribution < -0.4 is 0 Å². The average molecular weight is 493 g/mol. The van der Waals surface area contributed by atoms with E-state index in [1.807, 2.05) is 0 Å². The molecule has 0 radical (unpaired) electrons. The predicted octanol–water partition coefficient (Wildman–Crippen LogP) is 2.61. The number of ether oxygens (including phenoxy) is 3. The highest BCUT2D eigenvalue weighted by atomic mass is 16.7. The first-order valence-electron chi connectivity index (χ1n) is 13.0. The minimum atomic E-state index is -1.77. The Morgan fingerprint density at radius 2 is 1.32 bits per heavy atom. The normalized spacial score (nSPS) is 26.1. The molecule has 9 heteroatoms. The summed E-state index contributed by atoms with van der Waals surface area (Å²) in [4.78, 5) is 11.1. The molecule has 0 amide bonds. The quantitative estimate of drug-likeness (QED) is 0.162. The number of carboxylic acids is 1. The molecule has 1 aliphatic rings. The van der Waals surface area contributed by atoms with Crippen LogP contribution in [0.25, 0.3) is 0 Å². The molecule has 6 atom stereocenters. The van der Waals surface area contributed by atoms with E-state index in [0.29, 0.717) is 6.61 Å². The molecule has 1 fully saturated rings. The zero-order chi connectivity index (χ0) is 25.3. The van der Waals surface area contributed by atoms with Gasteiger partial charge in [-0.15, -0.1) is 0 Å². The summed E-state index contributed by atoms with van der Waals surface area (Å²) >= 11 is 0. The van der Waals surface area contributed by atoms with Gasteiger partial charge in [0, 0.05) is 6.61 Å². The van der Waals surface area contributed by atoms with E-state index in [-0.39, 0.29) is 13.2 Å². The number of aliphatic carboxylic acids is 1. The van der Waals surface area contributed by atoms with Crippen molar-refractivity contribution in [2.75, 3.05) is 19.8 Å². The summed E-state index contributed by atoms with van der Waals surface area (Å²) in [5.41, 5.74) is 0. The molecule has 1 saturated heterocycles. The minimum Gasteiger partial charge on any atom is -0.479 e. The summed E-state index contributed by atoms with van der Waals surface area (Å²) in [6.07, 6.45) is 5.83. The first-order valence-corrected chi connectivity index (χ1v) is 13.0. The average Bonchev–Trinajstić information content (AvgIpc) is 2.79. The number of aliphatic hydroxyl groups excluding tert-OH is 4. The van der Waals surface area contributed by atoms with Crippen LogP contribution in [0, 0.1) is 5.92 Å². The van der Waals surface area contributed by atoms with Crippen LogP contribution in [0.3, 0.4) is 0 Å². The van der Waals surface area contributed by atoms with Crippen LogP contribution in [0.5, 0.6) is 0 Å². The molecular formula is C25H48O9. The van der Waals surface area contributed by atoms with Gasteiger partial charge in [-0.05, 0) is 12.3 Å². The number of carboxylic acid groups (broad SMARTS) is 1. The lowest BCUT2D eigenvalue weighted by atomic mass is 9.99. The molecular weight excluding hydrogens is 444 g/mol. The molecule has 0 aliphatic carbocycles. The van der Waals surface area contributed by atoms with Crippen LogP contribution in [0.4, 0.5) is 0 Å². The van der Waals surface area contributed by atoms with Gasteiger partial charge in [0.25, 0.3) is 0 Å². The summed E-state index contributed by atoms with van der Waals surface area (Å²) in [6.45, 7) is 4.87. The Kier molecular flexibility index (Phi) is 16.9. The molecule has 202 valence electrons. The van der Waals surface area contributed by atoms with Gasteiger partial charge in [0.2, 0.25) is 0 Å². The lowest BCUT2D eigenvalue weighted by molar-refractivity contribution is -0.298.